The smallest absolute Gasteiger partial charge is 0.119 e. The maximum atomic E-state index is 9.18. The standard InChI is InChI=1S/C16H15NO/c1-11-4-5-13(8-12(11)2)16-9-15(18-3)7-6-14(16)10-17/h4-9H,1-3H3. The number of hydrogen-bond donors (Lipinski definition) is 0. The molecule has 0 radical (unpaired) electrons. The minimum atomic E-state index is 0.666. The Kier molecular flexibility index (Phi) is 3.34. The average molecular weight is 237 g/mol. The van der Waals surface area contributed by atoms with Gasteiger partial charge in [0.2, 0.25) is 0 Å². The van der Waals surface area contributed by atoms with E-state index in [1.807, 2.05) is 18.2 Å². The van der Waals surface area contributed by atoms with Crippen molar-refractivity contribution < 1.29 is 4.74 Å². The normalized spacial score (nSPS) is 9.89. The lowest BCUT2D eigenvalue weighted by atomic mass is 9.97. The molecule has 90 valence electrons. The Labute approximate surface area is 107 Å². The van der Waals surface area contributed by atoms with Crippen LogP contribution < -0.4 is 4.74 Å². The first-order valence-electron chi connectivity index (χ1n) is 5.81. The van der Waals surface area contributed by atoms with Crippen LogP contribution in [0.2, 0.25) is 0 Å². The predicted octanol–water partition coefficient (Wildman–Crippen LogP) is 3.85. The summed E-state index contributed by atoms with van der Waals surface area (Å²) in [5, 5.41) is 9.18. The Morgan fingerprint density at radius 2 is 1.78 bits per heavy atom. The first kappa shape index (κ1) is 12.2. The Morgan fingerprint density at radius 3 is 2.39 bits per heavy atom. The lowest BCUT2D eigenvalue weighted by Gasteiger charge is -2.09. The van der Waals surface area contributed by atoms with Gasteiger partial charge in [0.25, 0.3) is 0 Å². The quantitative estimate of drug-likeness (QED) is 0.794. The number of aryl methyl sites for hydroxylation is 2. The zero-order valence-corrected chi connectivity index (χ0v) is 10.8. The van der Waals surface area contributed by atoms with E-state index < -0.39 is 0 Å². The maximum Gasteiger partial charge on any atom is 0.119 e. The second-order valence-corrected chi connectivity index (χ2v) is 4.32. The Morgan fingerprint density at radius 1 is 1.00 bits per heavy atom. The summed E-state index contributed by atoms with van der Waals surface area (Å²) < 4.78 is 5.22. The molecule has 0 fully saturated rings. The number of hydrogen-bond acceptors (Lipinski definition) is 2. The molecule has 0 heterocycles. The van der Waals surface area contributed by atoms with Gasteiger partial charge < -0.3 is 4.74 Å². The van der Waals surface area contributed by atoms with Crippen LogP contribution in [-0.2, 0) is 0 Å². The molecule has 2 aromatic carbocycles. The van der Waals surface area contributed by atoms with Crippen molar-refractivity contribution in [3.8, 4) is 22.9 Å². The minimum Gasteiger partial charge on any atom is -0.497 e. The van der Waals surface area contributed by atoms with Crippen LogP contribution in [0.4, 0.5) is 0 Å². The fourth-order valence-electron chi connectivity index (χ4n) is 1.90. The molecule has 0 saturated heterocycles. The Hall–Kier alpha value is -2.27. The van der Waals surface area contributed by atoms with Gasteiger partial charge in [-0.3, -0.25) is 0 Å². The molecular weight excluding hydrogens is 222 g/mol. The summed E-state index contributed by atoms with van der Waals surface area (Å²) in [6.45, 7) is 4.15. The molecule has 0 atom stereocenters. The molecule has 2 heteroatoms. The lowest BCUT2D eigenvalue weighted by Crippen LogP contribution is -1.90. The van der Waals surface area contributed by atoms with Crippen molar-refractivity contribution in [2.45, 2.75) is 13.8 Å². The number of nitrogens with zero attached hydrogens (tertiary/aromatic N) is 1. The number of benzene rings is 2. The molecule has 2 nitrogen and oxygen atoms in total. The highest BCUT2D eigenvalue weighted by Gasteiger charge is 2.07. The maximum absolute atomic E-state index is 9.18. The van der Waals surface area contributed by atoms with E-state index in [0.717, 1.165) is 16.9 Å². The van der Waals surface area contributed by atoms with Gasteiger partial charge in [-0.2, -0.15) is 5.26 Å². The first-order valence-corrected chi connectivity index (χ1v) is 5.81. The fraction of sp³-hybridized carbons (Fsp3) is 0.188. The van der Waals surface area contributed by atoms with Crippen LogP contribution in [0.5, 0.6) is 5.75 Å². The topological polar surface area (TPSA) is 33.0 Å². The highest BCUT2D eigenvalue weighted by molar-refractivity contribution is 5.72. The molecule has 0 spiro atoms. The van der Waals surface area contributed by atoms with E-state index in [1.165, 1.54) is 11.1 Å². The molecule has 0 bridgehead atoms. The van der Waals surface area contributed by atoms with Gasteiger partial charge in [0, 0.05) is 5.56 Å². The van der Waals surface area contributed by atoms with E-state index in [-0.39, 0.29) is 0 Å². The van der Waals surface area contributed by atoms with Crippen molar-refractivity contribution >= 4 is 0 Å². The number of ether oxygens (including phenoxy) is 1. The summed E-state index contributed by atoms with van der Waals surface area (Å²) in [5.41, 5.74) is 5.10. The largest absolute Gasteiger partial charge is 0.497 e. The van der Waals surface area contributed by atoms with E-state index >= 15 is 0 Å². The first-order chi connectivity index (χ1) is 8.65. The number of rotatable bonds is 2. The summed E-state index contributed by atoms with van der Waals surface area (Å²) in [5.74, 6) is 0.766. The van der Waals surface area contributed by atoms with Crippen molar-refractivity contribution in [1.29, 1.82) is 5.26 Å². The van der Waals surface area contributed by atoms with Gasteiger partial charge in [-0.25, -0.2) is 0 Å². The average Bonchev–Trinajstić information content (AvgIpc) is 2.41. The Balaban J connectivity index is 2.61. The molecular formula is C16H15NO. The van der Waals surface area contributed by atoms with Crippen LogP contribution in [-0.4, -0.2) is 7.11 Å². The van der Waals surface area contributed by atoms with Gasteiger partial charge in [-0.15, -0.1) is 0 Å². The summed E-state index contributed by atoms with van der Waals surface area (Å²) in [6.07, 6.45) is 0. The van der Waals surface area contributed by atoms with E-state index in [1.54, 1.807) is 13.2 Å². The fourth-order valence-corrected chi connectivity index (χ4v) is 1.90. The third kappa shape index (κ3) is 2.21. The van der Waals surface area contributed by atoms with Crippen molar-refractivity contribution in [2.24, 2.45) is 0 Å². The molecule has 0 saturated carbocycles. The molecule has 0 aromatic heterocycles. The highest BCUT2D eigenvalue weighted by atomic mass is 16.5. The summed E-state index contributed by atoms with van der Waals surface area (Å²) in [7, 11) is 1.63. The second-order valence-electron chi connectivity index (χ2n) is 4.32. The summed E-state index contributed by atoms with van der Waals surface area (Å²) in [6, 6.07) is 13.9. The van der Waals surface area contributed by atoms with E-state index in [9.17, 15) is 5.26 Å². The highest BCUT2D eigenvalue weighted by Crippen LogP contribution is 2.29. The van der Waals surface area contributed by atoms with Gasteiger partial charge in [0.05, 0.1) is 18.7 Å². The molecule has 0 amide bonds. The van der Waals surface area contributed by atoms with Crippen LogP contribution in [0.15, 0.2) is 36.4 Å². The van der Waals surface area contributed by atoms with Gasteiger partial charge >= 0.3 is 0 Å². The van der Waals surface area contributed by atoms with Crippen LogP contribution in [0.1, 0.15) is 16.7 Å². The van der Waals surface area contributed by atoms with E-state index in [2.05, 4.69) is 32.0 Å². The number of methoxy groups -OCH3 is 1. The van der Waals surface area contributed by atoms with Crippen molar-refractivity contribution in [3.05, 3.63) is 53.1 Å². The van der Waals surface area contributed by atoms with Gasteiger partial charge in [0.15, 0.2) is 0 Å². The lowest BCUT2D eigenvalue weighted by molar-refractivity contribution is 0.415. The molecule has 0 aliphatic carbocycles. The van der Waals surface area contributed by atoms with Crippen molar-refractivity contribution in [1.82, 2.24) is 0 Å². The van der Waals surface area contributed by atoms with Gasteiger partial charge in [-0.1, -0.05) is 18.2 Å². The molecule has 18 heavy (non-hydrogen) atoms. The minimum absolute atomic E-state index is 0.666. The van der Waals surface area contributed by atoms with Crippen molar-refractivity contribution in [2.75, 3.05) is 7.11 Å². The summed E-state index contributed by atoms with van der Waals surface area (Å²) in [4.78, 5) is 0. The zero-order chi connectivity index (χ0) is 13.1. The molecule has 0 N–H and O–H groups in total. The molecule has 0 unspecified atom stereocenters. The van der Waals surface area contributed by atoms with E-state index in [4.69, 9.17) is 4.74 Å². The number of nitriles is 1. The monoisotopic (exact) mass is 237 g/mol. The molecule has 0 aliphatic rings. The zero-order valence-electron chi connectivity index (χ0n) is 10.8. The SMILES string of the molecule is COc1ccc(C#N)c(-c2ccc(C)c(C)c2)c1. The summed E-state index contributed by atoms with van der Waals surface area (Å²) >= 11 is 0. The van der Waals surface area contributed by atoms with Gasteiger partial charge in [0.1, 0.15) is 5.75 Å². The molecule has 0 aliphatic heterocycles. The van der Waals surface area contributed by atoms with Crippen LogP contribution in [0.3, 0.4) is 0 Å². The van der Waals surface area contributed by atoms with E-state index in [0.29, 0.717) is 5.56 Å². The van der Waals surface area contributed by atoms with Crippen LogP contribution >= 0.6 is 0 Å². The third-order valence-corrected chi connectivity index (χ3v) is 3.17. The van der Waals surface area contributed by atoms with Crippen molar-refractivity contribution in [3.63, 3.8) is 0 Å². The van der Waals surface area contributed by atoms with Crippen LogP contribution in [0, 0.1) is 25.2 Å². The second kappa shape index (κ2) is 4.93. The molecule has 2 aromatic rings. The predicted molar refractivity (Wildman–Crippen MR) is 72.6 cm³/mol. The van der Waals surface area contributed by atoms with Crippen LogP contribution in [0.25, 0.3) is 11.1 Å². The molecule has 2 rings (SSSR count). The Bertz CT molecular complexity index is 623. The third-order valence-electron chi connectivity index (χ3n) is 3.17. The van der Waals surface area contributed by atoms with Gasteiger partial charge in [-0.05, 0) is 48.7 Å².